The van der Waals surface area contributed by atoms with Crippen molar-refractivity contribution in [3.8, 4) is 0 Å². The number of aryl methyl sites for hydroxylation is 1. The highest BCUT2D eigenvalue weighted by molar-refractivity contribution is 6.35. The maximum atomic E-state index is 12.5. The Bertz CT molecular complexity index is 1240. The molecule has 5 nitrogen and oxygen atoms in total. The minimum absolute atomic E-state index is 0. The van der Waals surface area contributed by atoms with Crippen molar-refractivity contribution >= 4 is 64.7 Å². The molecule has 0 aliphatic carbocycles. The molecule has 1 N–H and O–H groups in total. The van der Waals surface area contributed by atoms with Crippen LogP contribution in [0.2, 0.25) is 15.1 Å². The highest BCUT2D eigenvalue weighted by Crippen LogP contribution is 2.32. The number of carbonyl (C=O) groups is 1. The van der Waals surface area contributed by atoms with Crippen molar-refractivity contribution < 1.29 is 9.53 Å². The molecular formula is C28H28Cl5N3O2. The molecule has 10 heteroatoms. The number of hydrogen-bond donors (Lipinski definition) is 1. The van der Waals surface area contributed by atoms with Crippen LogP contribution in [0.1, 0.15) is 28.4 Å². The lowest BCUT2D eigenvalue weighted by Gasteiger charge is -2.31. The zero-order chi connectivity index (χ0) is 26.4. The number of hydrogen-bond acceptors (Lipinski definition) is 4. The monoisotopic (exact) mass is 613 g/mol. The summed E-state index contributed by atoms with van der Waals surface area (Å²) < 4.78 is 6.29. The Morgan fingerprint density at radius 1 is 0.974 bits per heavy atom. The van der Waals surface area contributed by atoms with Crippen molar-refractivity contribution in [1.29, 1.82) is 0 Å². The average Bonchev–Trinajstić information content (AvgIpc) is 3.34. The molecule has 2 atom stereocenters. The molecule has 38 heavy (non-hydrogen) atoms. The number of benzene rings is 3. The molecule has 0 saturated carbocycles. The summed E-state index contributed by atoms with van der Waals surface area (Å²) in [6, 6.07) is 20.8. The first-order valence-electron chi connectivity index (χ1n) is 11.7. The van der Waals surface area contributed by atoms with Gasteiger partial charge < -0.3 is 19.9 Å². The fourth-order valence-electron chi connectivity index (χ4n) is 3.87. The van der Waals surface area contributed by atoms with Crippen LogP contribution in [0.25, 0.3) is 0 Å². The predicted octanol–water partition coefficient (Wildman–Crippen LogP) is 7.56. The van der Waals surface area contributed by atoms with Crippen LogP contribution in [0.5, 0.6) is 0 Å². The molecule has 0 saturated heterocycles. The van der Waals surface area contributed by atoms with Gasteiger partial charge in [-0.15, -0.1) is 12.4 Å². The molecule has 1 aliphatic heterocycles. The van der Waals surface area contributed by atoms with Gasteiger partial charge in [-0.1, -0.05) is 94.4 Å². The molecule has 0 spiro atoms. The van der Waals surface area contributed by atoms with Crippen LogP contribution in [0, 0.1) is 6.92 Å². The van der Waals surface area contributed by atoms with Crippen molar-refractivity contribution in [2.75, 3.05) is 13.2 Å². The Morgan fingerprint density at radius 3 is 2.34 bits per heavy atom. The zero-order valence-corrected chi connectivity index (χ0v) is 24.5. The van der Waals surface area contributed by atoms with Crippen molar-refractivity contribution in [3.05, 3.63) is 116 Å². The molecule has 3 aromatic rings. The zero-order valence-electron chi connectivity index (χ0n) is 20.6. The van der Waals surface area contributed by atoms with Crippen LogP contribution in [-0.4, -0.2) is 34.4 Å². The van der Waals surface area contributed by atoms with E-state index in [4.69, 9.17) is 51.1 Å². The smallest absolute Gasteiger partial charge is 0.239 e. The van der Waals surface area contributed by atoms with Crippen LogP contribution < -0.4 is 5.32 Å². The minimum Gasteiger partial charge on any atom is -0.365 e. The molecule has 2 unspecified atom stereocenters. The first-order chi connectivity index (χ1) is 17.8. The van der Waals surface area contributed by atoms with E-state index in [1.807, 2.05) is 71.6 Å². The lowest BCUT2D eigenvalue weighted by molar-refractivity contribution is -0.122. The Labute approximate surface area is 249 Å². The van der Waals surface area contributed by atoms with E-state index < -0.39 is 11.6 Å². The second-order valence-electron chi connectivity index (χ2n) is 8.85. The largest absolute Gasteiger partial charge is 0.365 e. The maximum Gasteiger partial charge on any atom is 0.239 e. The lowest BCUT2D eigenvalue weighted by atomic mass is 10.1. The second-order valence-corrected chi connectivity index (χ2v) is 10.6. The van der Waals surface area contributed by atoms with E-state index in [9.17, 15) is 4.79 Å². The standard InChI is InChI=1S/C28H27Cl4N3O2.ClH/c1-19-2-4-20(5-3-19)15-33-26(36)16-34-12-13-35(18-34)28(32)27(21-6-9-23(29)10-7-21)37-17-22-8-11-24(30)14-25(22)31;/h2-14,27-28H,15-18H2,1H3,(H,33,36);1H. The van der Waals surface area contributed by atoms with Crippen molar-refractivity contribution in [3.63, 3.8) is 0 Å². The van der Waals surface area contributed by atoms with E-state index in [2.05, 4.69) is 5.32 Å². The summed E-state index contributed by atoms with van der Waals surface area (Å²) in [7, 11) is 0. The number of alkyl halides is 1. The molecule has 0 fully saturated rings. The third kappa shape index (κ3) is 8.44. The molecule has 1 heterocycles. The lowest BCUT2D eigenvalue weighted by Crippen LogP contribution is -2.39. The van der Waals surface area contributed by atoms with Gasteiger partial charge in [0.25, 0.3) is 0 Å². The van der Waals surface area contributed by atoms with Crippen LogP contribution in [-0.2, 0) is 22.7 Å². The molecular weight excluding hydrogens is 588 g/mol. The first kappa shape index (κ1) is 30.4. The Balaban J connectivity index is 0.00000400. The molecule has 4 rings (SSSR count). The fraction of sp³-hybridized carbons (Fsp3) is 0.250. The molecule has 1 amide bonds. The number of amides is 1. The van der Waals surface area contributed by atoms with Gasteiger partial charge in [-0.25, -0.2) is 0 Å². The van der Waals surface area contributed by atoms with Gasteiger partial charge in [0.1, 0.15) is 11.6 Å². The number of nitrogens with zero attached hydrogens (tertiary/aromatic N) is 2. The van der Waals surface area contributed by atoms with Gasteiger partial charge >= 0.3 is 0 Å². The molecule has 202 valence electrons. The van der Waals surface area contributed by atoms with Gasteiger partial charge in [0.2, 0.25) is 5.91 Å². The summed E-state index contributed by atoms with van der Waals surface area (Å²) in [6.45, 7) is 3.43. The average molecular weight is 616 g/mol. The van der Waals surface area contributed by atoms with Gasteiger partial charge in [0.15, 0.2) is 0 Å². The molecule has 0 radical (unpaired) electrons. The number of rotatable bonds is 10. The normalized spacial score (nSPS) is 14.2. The Hall–Kier alpha value is -2.12. The highest BCUT2D eigenvalue weighted by Gasteiger charge is 2.30. The van der Waals surface area contributed by atoms with E-state index in [1.165, 1.54) is 5.56 Å². The second kappa shape index (κ2) is 14.3. The third-order valence-corrected chi connectivity index (χ3v) is 7.29. The highest BCUT2D eigenvalue weighted by atomic mass is 35.5. The van der Waals surface area contributed by atoms with Gasteiger partial charge in [-0.05, 0) is 47.9 Å². The summed E-state index contributed by atoms with van der Waals surface area (Å²) in [4.78, 5) is 16.3. The molecule has 0 aromatic heterocycles. The van der Waals surface area contributed by atoms with Crippen molar-refractivity contribution in [2.45, 2.75) is 31.7 Å². The summed E-state index contributed by atoms with van der Waals surface area (Å²) in [5.74, 6) is -0.0684. The van der Waals surface area contributed by atoms with Crippen molar-refractivity contribution in [2.24, 2.45) is 0 Å². The van der Waals surface area contributed by atoms with E-state index in [1.54, 1.807) is 24.3 Å². The maximum absolute atomic E-state index is 12.5. The van der Waals surface area contributed by atoms with Crippen LogP contribution in [0.4, 0.5) is 0 Å². The fourth-order valence-corrected chi connectivity index (χ4v) is 4.81. The molecule has 3 aromatic carbocycles. The predicted molar refractivity (Wildman–Crippen MR) is 158 cm³/mol. The van der Waals surface area contributed by atoms with E-state index in [0.29, 0.717) is 28.3 Å². The Morgan fingerprint density at radius 2 is 1.66 bits per heavy atom. The Kier molecular flexibility index (Phi) is 11.5. The van der Waals surface area contributed by atoms with E-state index in [0.717, 1.165) is 16.7 Å². The van der Waals surface area contributed by atoms with Gasteiger partial charge in [0.05, 0.1) is 19.8 Å². The minimum atomic E-state index is -0.552. The van der Waals surface area contributed by atoms with E-state index >= 15 is 0 Å². The SMILES string of the molecule is Cc1ccc(CNC(=O)CN2C=CN(C(Cl)C(OCc3ccc(Cl)cc3Cl)c3ccc(Cl)cc3)C2)cc1.Cl. The van der Waals surface area contributed by atoms with Crippen LogP contribution in [0.3, 0.4) is 0 Å². The van der Waals surface area contributed by atoms with Gasteiger partial charge in [0, 0.05) is 34.0 Å². The third-order valence-electron chi connectivity index (χ3n) is 5.97. The van der Waals surface area contributed by atoms with Gasteiger partial charge in [-0.3, -0.25) is 4.79 Å². The number of carbonyl (C=O) groups excluding carboxylic acids is 1. The quantitative estimate of drug-likeness (QED) is 0.189. The number of nitrogens with one attached hydrogen (secondary N) is 1. The summed E-state index contributed by atoms with van der Waals surface area (Å²) in [5.41, 5.74) is 3.37. The first-order valence-corrected chi connectivity index (χ1v) is 13.3. The number of halogens is 5. The van der Waals surface area contributed by atoms with Gasteiger partial charge in [-0.2, -0.15) is 0 Å². The summed E-state index contributed by atoms with van der Waals surface area (Å²) >= 11 is 25.4. The summed E-state index contributed by atoms with van der Waals surface area (Å²) in [5, 5.41) is 4.67. The molecule has 1 aliphatic rings. The van der Waals surface area contributed by atoms with E-state index in [-0.39, 0.29) is 31.5 Å². The number of ether oxygens (including phenoxy) is 1. The van der Waals surface area contributed by atoms with Crippen molar-refractivity contribution in [1.82, 2.24) is 15.1 Å². The van der Waals surface area contributed by atoms with Crippen LogP contribution in [0.15, 0.2) is 79.1 Å². The molecule has 0 bridgehead atoms. The summed E-state index contributed by atoms with van der Waals surface area (Å²) in [6.07, 6.45) is 3.23. The van der Waals surface area contributed by atoms with Crippen LogP contribution >= 0.6 is 58.8 Å². The topological polar surface area (TPSA) is 44.8 Å².